The van der Waals surface area contributed by atoms with Crippen molar-refractivity contribution in [2.75, 3.05) is 0 Å². The number of allylic oxidation sites excluding steroid dienone is 5. The maximum Gasteiger partial charge on any atom is 0.101 e. The summed E-state index contributed by atoms with van der Waals surface area (Å²) >= 11 is 0. The quantitative estimate of drug-likeness (QED) is 0.174. The molecular weight excluding hydrogens is 623 g/mol. The molecular formula is C46H29N5. The number of para-hydroxylation sites is 2. The predicted octanol–water partition coefficient (Wildman–Crippen LogP) is 10.6. The minimum Gasteiger partial charge on any atom is -0.311 e. The second-order valence-electron chi connectivity index (χ2n) is 12.5. The lowest BCUT2D eigenvalue weighted by Crippen LogP contribution is -2.10. The molecule has 0 radical (unpaired) electrons. The fourth-order valence-corrected chi connectivity index (χ4v) is 7.54. The van der Waals surface area contributed by atoms with E-state index in [1.807, 2.05) is 79.7 Å². The SMILES string of the molecule is C#Cc1c(/C=C\C)n(-c2cccc(-c3ccccc3C3=C(n4c5ccc(C#N)cc5c5cccc(C#N)c54)C[C@@H](C#N)C=C3)c2)c2ccccc12. The highest BCUT2D eigenvalue weighted by Crippen LogP contribution is 2.43. The van der Waals surface area contributed by atoms with Gasteiger partial charge in [-0.2, -0.15) is 15.8 Å². The van der Waals surface area contributed by atoms with Gasteiger partial charge in [0, 0.05) is 39.5 Å². The molecule has 8 rings (SSSR count). The lowest BCUT2D eigenvalue weighted by atomic mass is 9.87. The van der Waals surface area contributed by atoms with E-state index in [0.29, 0.717) is 17.5 Å². The van der Waals surface area contributed by atoms with Gasteiger partial charge in [-0.05, 0) is 72.2 Å². The molecule has 7 aromatic rings. The summed E-state index contributed by atoms with van der Waals surface area (Å²) in [6, 6.07) is 43.5. The fourth-order valence-electron chi connectivity index (χ4n) is 7.54. The van der Waals surface area contributed by atoms with E-state index in [1.54, 1.807) is 0 Å². The Hall–Kier alpha value is -7.31. The molecule has 1 aliphatic rings. The van der Waals surface area contributed by atoms with Crippen LogP contribution in [0.1, 0.15) is 41.3 Å². The van der Waals surface area contributed by atoms with Gasteiger partial charge in [0.25, 0.3) is 0 Å². The zero-order valence-corrected chi connectivity index (χ0v) is 27.8. The molecule has 2 heterocycles. The summed E-state index contributed by atoms with van der Waals surface area (Å²) in [5, 5.41) is 33.0. The average molecular weight is 652 g/mol. The number of aromatic nitrogens is 2. The molecule has 0 bridgehead atoms. The van der Waals surface area contributed by atoms with Crippen molar-refractivity contribution in [2.45, 2.75) is 13.3 Å². The van der Waals surface area contributed by atoms with Crippen molar-refractivity contribution in [2.24, 2.45) is 5.92 Å². The van der Waals surface area contributed by atoms with Crippen molar-refractivity contribution in [1.29, 1.82) is 15.8 Å². The van der Waals surface area contributed by atoms with Crippen LogP contribution in [-0.2, 0) is 0 Å². The summed E-state index contributed by atoms with van der Waals surface area (Å²) in [4.78, 5) is 0. The van der Waals surface area contributed by atoms with Crippen LogP contribution in [0.15, 0.2) is 127 Å². The highest BCUT2D eigenvalue weighted by molar-refractivity contribution is 6.14. The minimum absolute atomic E-state index is 0.350. The summed E-state index contributed by atoms with van der Waals surface area (Å²) in [6.07, 6.45) is 14.6. The first-order valence-electron chi connectivity index (χ1n) is 16.7. The summed E-state index contributed by atoms with van der Waals surface area (Å²) < 4.78 is 4.35. The summed E-state index contributed by atoms with van der Waals surface area (Å²) in [7, 11) is 0. The van der Waals surface area contributed by atoms with E-state index in [0.717, 1.165) is 77.6 Å². The van der Waals surface area contributed by atoms with E-state index in [-0.39, 0.29) is 5.92 Å². The van der Waals surface area contributed by atoms with Crippen LogP contribution in [0.2, 0.25) is 0 Å². The summed E-state index contributed by atoms with van der Waals surface area (Å²) in [5.74, 6) is 2.58. The number of hydrogen-bond acceptors (Lipinski definition) is 3. The zero-order valence-electron chi connectivity index (χ0n) is 27.8. The Morgan fingerprint density at radius 3 is 2.29 bits per heavy atom. The van der Waals surface area contributed by atoms with E-state index in [2.05, 4.69) is 93.9 Å². The van der Waals surface area contributed by atoms with E-state index in [9.17, 15) is 15.8 Å². The summed E-state index contributed by atoms with van der Waals surface area (Å²) in [6.45, 7) is 1.99. The zero-order chi connectivity index (χ0) is 35.1. The third kappa shape index (κ3) is 4.93. The van der Waals surface area contributed by atoms with Crippen LogP contribution >= 0.6 is 0 Å². The topological polar surface area (TPSA) is 81.2 Å². The van der Waals surface area contributed by atoms with E-state index in [4.69, 9.17) is 6.42 Å². The Balaban J connectivity index is 1.40. The summed E-state index contributed by atoms with van der Waals surface area (Å²) in [5.41, 5.74) is 11.5. The van der Waals surface area contributed by atoms with E-state index >= 15 is 0 Å². The van der Waals surface area contributed by atoms with Crippen LogP contribution in [0, 0.1) is 52.3 Å². The molecule has 5 heteroatoms. The Labute approximate surface area is 296 Å². The van der Waals surface area contributed by atoms with Crippen molar-refractivity contribution in [3.63, 3.8) is 0 Å². The normalized spacial score (nSPS) is 14.2. The minimum atomic E-state index is -0.350. The number of nitrogens with zero attached hydrogens (tertiary/aromatic N) is 5. The number of nitriles is 3. The second-order valence-corrected chi connectivity index (χ2v) is 12.5. The molecule has 0 aliphatic heterocycles. The van der Waals surface area contributed by atoms with Gasteiger partial charge in [-0.3, -0.25) is 0 Å². The standard InChI is InChI=1S/C46H29N5/c1-3-11-42-35(4-2)38-17-7-8-19-43(38)50(42)34-14-9-12-32(26-34)36-15-5-6-16-37(36)39-22-20-31(28-48)25-45(39)51-44-23-21-30(27-47)24-41(44)40-18-10-13-33(29-49)46(40)51/h2-3,5-24,26,31H,25H2,1H3/b11-3-/t31-/m0/s1. The van der Waals surface area contributed by atoms with Crippen LogP contribution in [-0.4, -0.2) is 9.13 Å². The molecule has 0 amide bonds. The van der Waals surface area contributed by atoms with Crippen molar-refractivity contribution in [1.82, 2.24) is 9.13 Å². The molecule has 5 nitrogen and oxygen atoms in total. The molecule has 2 aromatic heterocycles. The van der Waals surface area contributed by atoms with Gasteiger partial charge in [-0.25, -0.2) is 0 Å². The number of hydrogen-bond donors (Lipinski definition) is 0. The van der Waals surface area contributed by atoms with Gasteiger partial charge < -0.3 is 9.13 Å². The molecule has 51 heavy (non-hydrogen) atoms. The molecule has 238 valence electrons. The molecule has 1 atom stereocenters. The Morgan fingerprint density at radius 2 is 1.51 bits per heavy atom. The van der Waals surface area contributed by atoms with Crippen LogP contribution in [0.25, 0.3) is 66.9 Å². The molecule has 5 aromatic carbocycles. The number of rotatable bonds is 5. The monoisotopic (exact) mass is 651 g/mol. The third-order valence-corrected chi connectivity index (χ3v) is 9.70. The van der Waals surface area contributed by atoms with Gasteiger partial charge in [0.15, 0.2) is 0 Å². The third-order valence-electron chi connectivity index (χ3n) is 9.70. The van der Waals surface area contributed by atoms with Crippen molar-refractivity contribution in [3.8, 4) is 47.4 Å². The molecule has 0 saturated heterocycles. The molecule has 0 N–H and O–H groups in total. The second kappa shape index (κ2) is 12.6. The molecule has 1 aliphatic carbocycles. The van der Waals surface area contributed by atoms with Gasteiger partial charge in [0.1, 0.15) is 6.07 Å². The van der Waals surface area contributed by atoms with E-state index in [1.165, 1.54) is 0 Å². The lowest BCUT2D eigenvalue weighted by molar-refractivity contribution is 0.825. The molecule has 0 spiro atoms. The first-order valence-corrected chi connectivity index (χ1v) is 16.7. The van der Waals surface area contributed by atoms with Crippen molar-refractivity contribution >= 4 is 50.1 Å². The van der Waals surface area contributed by atoms with Gasteiger partial charge in [-0.1, -0.05) is 90.9 Å². The average Bonchev–Trinajstić information content (AvgIpc) is 3.69. The van der Waals surface area contributed by atoms with Crippen LogP contribution in [0.3, 0.4) is 0 Å². The molecule has 0 saturated carbocycles. The Bertz CT molecular complexity index is 2840. The fraction of sp³-hybridized carbons (Fsp3) is 0.0652. The van der Waals surface area contributed by atoms with Crippen molar-refractivity contribution < 1.29 is 0 Å². The van der Waals surface area contributed by atoms with Gasteiger partial charge in [-0.15, -0.1) is 6.42 Å². The first-order chi connectivity index (χ1) is 25.1. The highest BCUT2D eigenvalue weighted by Gasteiger charge is 2.25. The van der Waals surface area contributed by atoms with Crippen LogP contribution in [0.4, 0.5) is 0 Å². The molecule has 0 fully saturated rings. The van der Waals surface area contributed by atoms with Crippen LogP contribution < -0.4 is 0 Å². The van der Waals surface area contributed by atoms with Gasteiger partial charge >= 0.3 is 0 Å². The largest absolute Gasteiger partial charge is 0.311 e. The molecule has 0 unspecified atom stereocenters. The first kappa shape index (κ1) is 31.0. The predicted molar refractivity (Wildman–Crippen MR) is 206 cm³/mol. The van der Waals surface area contributed by atoms with E-state index < -0.39 is 0 Å². The lowest BCUT2D eigenvalue weighted by Gasteiger charge is -2.24. The van der Waals surface area contributed by atoms with Crippen molar-refractivity contribution in [3.05, 3.63) is 155 Å². The Morgan fingerprint density at radius 1 is 0.745 bits per heavy atom. The maximum atomic E-state index is 10.3. The van der Waals surface area contributed by atoms with Crippen LogP contribution in [0.5, 0.6) is 0 Å². The van der Waals surface area contributed by atoms with Gasteiger partial charge in [0.2, 0.25) is 0 Å². The number of fused-ring (bicyclic) bond motifs is 4. The Kier molecular flexibility index (Phi) is 7.67. The smallest absolute Gasteiger partial charge is 0.101 e. The van der Waals surface area contributed by atoms with Gasteiger partial charge in [0.05, 0.1) is 57.0 Å². The number of benzene rings is 5. The number of terminal acetylenes is 1. The maximum absolute atomic E-state index is 10.3. The highest BCUT2D eigenvalue weighted by atomic mass is 15.0.